The van der Waals surface area contributed by atoms with Crippen molar-refractivity contribution < 1.29 is 19.1 Å². The first-order valence-corrected chi connectivity index (χ1v) is 19.4. The van der Waals surface area contributed by atoms with Crippen LogP contribution in [-0.4, -0.2) is 108 Å². The number of nitrogens with zero attached hydrogens (tertiary/aromatic N) is 4. The van der Waals surface area contributed by atoms with Gasteiger partial charge in [0.2, 0.25) is 0 Å². The van der Waals surface area contributed by atoms with Crippen LogP contribution in [0.25, 0.3) is 0 Å². The molecule has 0 spiro atoms. The zero-order valence-corrected chi connectivity index (χ0v) is 30.8. The van der Waals surface area contributed by atoms with Gasteiger partial charge in [-0.25, -0.2) is 4.79 Å². The van der Waals surface area contributed by atoms with Gasteiger partial charge in [-0.2, -0.15) is 0 Å². The predicted molar refractivity (Wildman–Crippen MR) is 199 cm³/mol. The number of carbonyl (C=O) groups is 3. The topological polar surface area (TPSA) is 85.4 Å². The predicted octanol–water partition coefficient (Wildman–Crippen LogP) is 7.06. The maximum Gasteiger partial charge on any atom is 0.338 e. The first kappa shape index (κ1) is 36.4. The van der Waals surface area contributed by atoms with Gasteiger partial charge in [-0.1, -0.05) is 0 Å². The average molecular weight is 686 g/mol. The molecule has 0 unspecified atom stereocenters. The summed E-state index contributed by atoms with van der Waals surface area (Å²) >= 11 is 0. The molecule has 0 radical (unpaired) electrons. The largest absolute Gasteiger partial charge is 0.456 e. The van der Waals surface area contributed by atoms with Gasteiger partial charge in [0.1, 0.15) is 5.60 Å². The van der Waals surface area contributed by atoms with Crippen LogP contribution in [0.15, 0.2) is 42.5 Å². The van der Waals surface area contributed by atoms with Gasteiger partial charge < -0.3 is 29.7 Å². The molecular formula is C41H59N5O4. The van der Waals surface area contributed by atoms with E-state index in [0.29, 0.717) is 34.2 Å². The van der Waals surface area contributed by atoms with Crippen LogP contribution in [0.5, 0.6) is 0 Å². The van der Waals surface area contributed by atoms with E-state index in [1.54, 1.807) is 12.1 Å². The molecule has 4 heterocycles. The Morgan fingerprint density at radius 3 is 1.64 bits per heavy atom. The van der Waals surface area contributed by atoms with E-state index in [2.05, 4.69) is 15.1 Å². The molecule has 4 aliphatic heterocycles. The van der Waals surface area contributed by atoms with Crippen molar-refractivity contribution in [3.05, 3.63) is 59.2 Å². The molecule has 0 aromatic heterocycles. The van der Waals surface area contributed by atoms with Gasteiger partial charge in [-0.3, -0.25) is 9.59 Å². The Bertz CT molecular complexity index is 1440. The lowest BCUT2D eigenvalue weighted by Gasteiger charge is -2.34. The van der Waals surface area contributed by atoms with Crippen molar-refractivity contribution in [3.8, 4) is 0 Å². The van der Waals surface area contributed by atoms with E-state index in [1.807, 2.05) is 60.9 Å². The Hall–Kier alpha value is -3.43. The molecule has 9 heteroatoms. The van der Waals surface area contributed by atoms with E-state index in [9.17, 15) is 14.4 Å². The number of esters is 1. The molecule has 2 amide bonds. The molecule has 2 aromatic rings. The van der Waals surface area contributed by atoms with Crippen LogP contribution in [-0.2, 0) is 4.74 Å². The fraction of sp³-hybridized carbons (Fsp3) is 0.634. The normalized spacial score (nSPS) is 20.0. The van der Waals surface area contributed by atoms with E-state index in [1.165, 1.54) is 77.8 Å². The molecular weight excluding hydrogens is 626 g/mol. The number of benzene rings is 2. The number of piperidine rings is 2. The van der Waals surface area contributed by atoms with Gasteiger partial charge in [0, 0.05) is 37.4 Å². The van der Waals surface area contributed by atoms with Crippen molar-refractivity contribution in [3.63, 3.8) is 0 Å². The van der Waals surface area contributed by atoms with Crippen LogP contribution in [0.1, 0.15) is 116 Å². The lowest BCUT2D eigenvalue weighted by molar-refractivity contribution is 0.00692. The summed E-state index contributed by atoms with van der Waals surface area (Å²) in [7, 11) is 0. The molecule has 0 aliphatic carbocycles. The van der Waals surface area contributed by atoms with Crippen molar-refractivity contribution in [2.75, 3.05) is 70.8 Å². The summed E-state index contributed by atoms with van der Waals surface area (Å²) in [5.41, 5.74) is 2.38. The summed E-state index contributed by atoms with van der Waals surface area (Å²) in [5, 5.41) is 3.44. The smallest absolute Gasteiger partial charge is 0.338 e. The second-order valence-electron chi connectivity index (χ2n) is 16.1. The van der Waals surface area contributed by atoms with Crippen LogP contribution < -0.4 is 5.32 Å². The average Bonchev–Trinajstić information content (AvgIpc) is 3.85. The third kappa shape index (κ3) is 9.87. The second-order valence-corrected chi connectivity index (χ2v) is 16.1. The van der Waals surface area contributed by atoms with Crippen molar-refractivity contribution in [2.45, 2.75) is 90.6 Å². The van der Waals surface area contributed by atoms with E-state index in [-0.39, 0.29) is 17.8 Å². The molecule has 0 atom stereocenters. The van der Waals surface area contributed by atoms with Crippen LogP contribution >= 0.6 is 0 Å². The van der Waals surface area contributed by atoms with Gasteiger partial charge in [0.25, 0.3) is 11.8 Å². The SMILES string of the molecule is CC(C)(C)OC(=O)c1ccc(Nc2cc(C(=O)N3CCC(CCN4CCCC4)CC3)ccc2C(=O)N2CCC(CCN3CCCC3)CC2)cc1. The maximum absolute atomic E-state index is 14.1. The first-order valence-electron chi connectivity index (χ1n) is 19.4. The number of likely N-dealkylation sites (tertiary alicyclic amines) is 4. The summed E-state index contributed by atoms with van der Waals surface area (Å²) < 4.78 is 5.54. The Labute approximate surface area is 299 Å². The lowest BCUT2D eigenvalue weighted by Crippen LogP contribution is -2.40. The molecule has 4 saturated heterocycles. The molecule has 4 aliphatic rings. The standard InChI is InChI=1S/C41H59N5O4/c1-41(2,3)50-40(49)33-8-11-35(12-9-33)42-37-30-34(38(47)45-26-16-31(17-27-45)14-24-43-20-4-5-21-43)10-13-36(37)39(48)46-28-18-32(19-29-46)15-25-44-22-6-7-23-44/h8-13,30-32,42H,4-7,14-29H2,1-3H3. The van der Waals surface area contributed by atoms with Crippen LogP contribution in [0.4, 0.5) is 11.4 Å². The number of nitrogens with one attached hydrogen (secondary N) is 1. The highest BCUT2D eigenvalue weighted by molar-refractivity contribution is 6.03. The third-order valence-electron chi connectivity index (χ3n) is 11.2. The molecule has 272 valence electrons. The van der Waals surface area contributed by atoms with Crippen molar-refractivity contribution >= 4 is 29.2 Å². The number of anilines is 2. The number of hydrogen-bond acceptors (Lipinski definition) is 7. The number of carbonyl (C=O) groups excluding carboxylic acids is 3. The molecule has 0 bridgehead atoms. The van der Waals surface area contributed by atoms with Crippen molar-refractivity contribution in [2.24, 2.45) is 11.8 Å². The number of rotatable bonds is 11. The molecule has 6 rings (SSSR count). The minimum Gasteiger partial charge on any atom is -0.456 e. The highest BCUT2D eigenvalue weighted by Gasteiger charge is 2.29. The monoisotopic (exact) mass is 685 g/mol. The lowest BCUT2D eigenvalue weighted by atomic mass is 9.92. The Kier molecular flexibility index (Phi) is 12.2. The fourth-order valence-electron chi connectivity index (χ4n) is 8.09. The van der Waals surface area contributed by atoms with Crippen LogP contribution in [0, 0.1) is 11.8 Å². The Morgan fingerprint density at radius 1 is 0.660 bits per heavy atom. The van der Waals surface area contributed by atoms with Crippen LogP contribution in [0.2, 0.25) is 0 Å². The number of hydrogen-bond donors (Lipinski definition) is 1. The molecule has 50 heavy (non-hydrogen) atoms. The Morgan fingerprint density at radius 2 is 1.14 bits per heavy atom. The third-order valence-corrected chi connectivity index (χ3v) is 11.2. The molecule has 0 saturated carbocycles. The summed E-state index contributed by atoms with van der Waals surface area (Å²) in [6.45, 7) is 15.9. The van der Waals surface area contributed by atoms with E-state index < -0.39 is 5.60 Å². The van der Waals surface area contributed by atoms with E-state index in [4.69, 9.17) is 4.74 Å². The zero-order chi connectivity index (χ0) is 35.1. The van der Waals surface area contributed by atoms with E-state index in [0.717, 1.165) is 57.5 Å². The second kappa shape index (κ2) is 16.7. The Balaban J connectivity index is 1.12. The van der Waals surface area contributed by atoms with Crippen molar-refractivity contribution in [1.29, 1.82) is 0 Å². The van der Waals surface area contributed by atoms with Gasteiger partial charge >= 0.3 is 5.97 Å². The molecule has 9 nitrogen and oxygen atoms in total. The van der Waals surface area contributed by atoms with Gasteiger partial charge in [-0.15, -0.1) is 0 Å². The fourth-order valence-corrected chi connectivity index (χ4v) is 8.09. The highest BCUT2D eigenvalue weighted by atomic mass is 16.6. The zero-order valence-electron chi connectivity index (χ0n) is 30.8. The summed E-state index contributed by atoms with van der Waals surface area (Å²) in [5.74, 6) is 0.962. The maximum atomic E-state index is 14.1. The van der Waals surface area contributed by atoms with Gasteiger partial charge in [0.05, 0.1) is 16.8 Å². The minimum absolute atomic E-state index is 0.00585. The van der Waals surface area contributed by atoms with E-state index >= 15 is 0 Å². The minimum atomic E-state index is -0.582. The van der Waals surface area contributed by atoms with Crippen LogP contribution in [0.3, 0.4) is 0 Å². The molecule has 1 N–H and O–H groups in total. The number of amides is 2. The highest BCUT2D eigenvalue weighted by Crippen LogP contribution is 2.30. The quantitative estimate of drug-likeness (QED) is 0.254. The van der Waals surface area contributed by atoms with Gasteiger partial charge in [-0.05, 0) is 179 Å². The summed E-state index contributed by atoms with van der Waals surface area (Å²) in [6.07, 6.45) is 11.8. The number of ether oxygens (including phenoxy) is 1. The first-order chi connectivity index (χ1) is 24.1. The van der Waals surface area contributed by atoms with Crippen molar-refractivity contribution in [1.82, 2.24) is 19.6 Å². The van der Waals surface area contributed by atoms with Gasteiger partial charge in [0.15, 0.2) is 0 Å². The molecule has 2 aromatic carbocycles. The summed E-state index contributed by atoms with van der Waals surface area (Å²) in [4.78, 5) is 49.6. The molecule has 4 fully saturated rings. The summed E-state index contributed by atoms with van der Waals surface area (Å²) in [6, 6.07) is 12.6.